The highest BCUT2D eigenvalue weighted by molar-refractivity contribution is 5.01. The van der Waals surface area contributed by atoms with Crippen LogP contribution in [0.4, 0.5) is 0 Å². The van der Waals surface area contributed by atoms with Gasteiger partial charge in [-0.1, -0.05) is 74.3 Å². The smallest absolute Gasteiger partial charge is 0.0126 e. The van der Waals surface area contributed by atoms with Crippen LogP contribution in [0, 0.1) is 34.5 Å². The highest BCUT2D eigenvalue weighted by Gasteiger charge is 2.46. The van der Waals surface area contributed by atoms with Crippen molar-refractivity contribution < 1.29 is 0 Å². The highest BCUT2D eigenvalue weighted by Crippen LogP contribution is 2.54. The molecule has 0 saturated heterocycles. The molecule has 3 unspecified atom stereocenters. The maximum Gasteiger partial charge on any atom is -0.0126 e. The Morgan fingerprint density at radius 3 is 1.95 bits per heavy atom. The van der Waals surface area contributed by atoms with E-state index >= 15 is 0 Å². The van der Waals surface area contributed by atoms with Gasteiger partial charge in [-0.25, -0.2) is 0 Å². The lowest BCUT2D eigenvalue weighted by atomic mass is 9.54. The predicted molar refractivity (Wildman–Crippen MR) is 100.0 cm³/mol. The van der Waals surface area contributed by atoms with E-state index in [2.05, 4.69) is 66.9 Å². The fourth-order valence-corrected chi connectivity index (χ4v) is 4.81. The summed E-state index contributed by atoms with van der Waals surface area (Å²) in [7, 11) is 0. The van der Waals surface area contributed by atoms with Gasteiger partial charge < -0.3 is 0 Å². The van der Waals surface area contributed by atoms with Gasteiger partial charge in [-0.2, -0.15) is 0 Å². The van der Waals surface area contributed by atoms with Gasteiger partial charge in [0, 0.05) is 0 Å². The molecule has 3 atom stereocenters. The number of hydrogen-bond donors (Lipinski definition) is 0. The summed E-state index contributed by atoms with van der Waals surface area (Å²) in [5.74, 6) is 3.35. The largest absolute Gasteiger partial charge is 0.133 e. The van der Waals surface area contributed by atoms with Crippen LogP contribution in [0.5, 0.6) is 0 Å². The normalized spacial score (nSPS) is 23.3. The van der Waals surface area contributed by atoms with Crippen molar-refractivity contribution in [3.8, 4) is 0 Å². The number of allylic oxidation sites excluding steroid dienone is 1. The van der Waals surface area contributed by atoms with Crippen molar-refractivity contribution in [2.24, 2.45) is 34.5 Å². The summed E-state index contributed by atoms with van der Waals surface area (Å²) in [6.07, 6.45) is 10.3. The fraction of sp³-hybridized carbons (Fsp3) is 0.864. The SMILES string of the molecule is C=C=CC1CC1CCC(CC)C(C)(C)C(C)(C)C(CC)CC. The summed E-state index contributed by atoms with van der Waals surface area (Å²) in [5.41, 5.74) is 3.77. The molecule has 0 aliphatic heterocycles. The van der Waals surface area contributed by atoms with Crippen molar-refractivity contribution in [1.82, 2.24) is 0 Å². The van der Waals surface area contributed by atoms with E-state index in [1.807, 2.05) is 0 Å². The van der Waals surface area contributed by atoms with Crippen LogP contribution in [0.2, 0.25) is 0 Å². The van der Waals surface area contributed by atoms with E-state index in [1.165, 1.54) is 38.5 Å². The average molecular weight is 305 g/mol. The molecule has 0 radical (unpaired) electrons. The Balaban J connectivity index is 2.72. The molecule has 0 N–H and O–H groups in total. The van der Waals surface area contributed by atoms with E-state index in [0.717, 1.165) is 23.7 Å². The second-order valence-corrected chi connectivity index (χ2v) is 8.67. The third-order valence-corrected chi connectivity index (χ3v) is 7.38. The Bertz CT molecular complexity index is 377. The molecule has 22 heavy (non-hydrogen) atoms. The van der Waals surface area contributed by atoms with E-state index in [9.17, 15) is 0 Å². The summed E-state index contributed by atoms with van der Waals surface area (Å²) < 4.78 is 0. The highest BCUT2D eigenvalue weighted by atomic mass is 14.5. The fourth-order valence-electron chi connectivity index (χ4n) is 4.81. The van der Waals surface area contributed by atoms with Gasteiger partial charge in [0.2, 0.25) is 0 Å². The summed E-state index contributed by atoms with van der Waals surface area (Å²) in [6.45, 7) is 21.0. The minimum Gasteiger partial charge on any atom is -0.133 e. The monoisotopic (exact) mass is 304 g/mol. The maximum absolute atomic E-state index is 3.72. The van der Waals surface area contributed by atoms with E-state index in [-0.39, 0.29) is 0 Å². The standard InChI is InChI=1S/C22H40/c1-9-13-17-16-18(17)14-15-20(12-4)22(7,8)21(5,6)19(10-2)11-3/h13,17-20H,1,10-12,14-16H2,2-8H3. The third-order valence-electron chi connectivity index (χ3n) is 7.38. The minimum atomic E-state index is 0.400. The molecule has 1 aliphatic carbocycles. The van der Waals surface area contributed by atoms with Gasteiger partial charge in [-0.3, -0.25) is 0 Å². The minimum absolute atomic E-state index is 0.400. The average Bonchev–Trinajstić information content (AvgIpc) is 3.18. The second-order valence-electron chi connectivity index (χ2n) is 8.67. The van der Waals surface area contributed by atoms with Gasteiger partial charge in [-0.15, -0.1) is 5.73 Å². The van der Waals surface area contributed by atoms with Crippen molar-refractivity contribution in [3.05, 3.63) is 18.4 Å². The van der Waals surface area contributed by atoms with Gasteiger partial charge in [0.15, 0.2) is 0 Å². The van der Waals surface area contributed by atoms with Crippen molar-refractivity contribution >= 4 is 0 Å². The zero-order valence-electron chi connectivity index (χ0n) is 16.3. The van der Waals surface area contributed by atoms with E-state index in [0.29, 0.717) is 10.8 Å². The summed E-state index contributed by atoms with van der Waals surface area (Å²) in [4.78, 5) is 0. The van der Waals surface area contributed by atoms with Gasteiger partial charge in [0.05, 0.1) is 0 Å². The molecule has 0 heteroatoms. The van der Waals surface area contributed by atoms with Gasteiger partial charge in [0.25, 0.3) is 0 Å². The van der Waals surface area contributed by atoms with Crippen LogP contribution in [0.25, 0.3) is 0 Å². The van der Waals surface area contributed by atoms with Crippen LogP contribution in [-0.4, -0.2) is 0 Å². The van der Waals surface area contributed by atoms with Gasteiger partial charge >= 0.3 is 0 Å². The molecular weight excluding hydrogens is 264 g/mol. The molecule has 0 nitrogen and oxygen atoms in total. The van der Waals surface area contributed by atoms with E-state index in [4.69, 9.17) is 0 Å². The third kappa shape index (κ3) is 4.08. The first kappa shape index (κ1) is 19.6. The lowest BCUT2D eigenvalue weighted by molar-refractivity contribution is -0.0218. The lowest BCUT2D eigenvalue weighted by Gasteiger charge is -2.51. The maximum atomic E-state index is 3.72. The van der Waals surface area contributed by atoms with E-state index < -0.39 is 0 Å². The Morgan fingerprint density at radius 2 is 1.50 bits per heavy atom. The van der Waals surface area contributed by atoms with Gasteiger partial charge in [0.1, 0.15) is 0 Å². The van der Waals surface area contributed by atoms with Crippen molar-refractivity contribution in [2.45, 2.75) is 87.0 Å². The van der Waals surface area contributed by atoms with Crippen molar-refractivity contribution in [3.63, 3.8) is 0 Å². The molecule has 0 aromatic rings. The van der Waals surface area contributed by atoms with Crippen LogP contribution in [0.1, 0.15) is 87.0 Å². The molecular formula is C22H40. The Morgan fingerprint density at radius 1 is 1.00 bits per heavy atom. The second kappa shape index (κ2) is 7.87. The van der Waals surface area contributed by atoms with Gasteiger partial charge in [-0.05, 0) is 59.8 Å². The Labute approximate surface area is 140 Å². The topological polar surface area (TPSA) is 0 Å². The molecule has 0 aromatic carbocycles. The molecule has 0 spiro atoms. The molecule has 1 aliphatic rings. The first-order valence-corrected chi connectivity index (χ1v) is 9.62. The number of rotatable bonds is 10. The lowest BCUT2D eigenvalue weighted by Crippen LogP contribution is -2.43. The molecule has 1 saturated carbocycles. The Kier molecular flexibility index (Phi) is 7.00. The van der Waals surface area contributed by atoms with Crippen molar-refractivity contribution in [1.29, 1.82) is 0 Å². The van der Waals surface area contributed by atoms with E-state index in [1.54, 1.807) is 0 Å². The molecule has 128 valence electrons. The van der Waals surface area contributed by atoms with Crippen LogP contribution < -0.4 is 0 Å². The summed E-state index contributed by atoms with van der Waals surface area (Å²) >= 11 is 0. The summed E-state index contributed by atoms with van der Waals surface area (Å²) in [6, 6.07) is 0. The first-order valence-electron chi connectivity index (χ1n) is 9.62. The van der Waals surface area contributed by atoms with Crippen LogP contribution in [-0.2, 0) is 0 Å². The molecule has 0 amide bonds. The van der Waals surface area contributed by atoms with Crippen molar-refractivity contribution in [2.75, 3.05) is 0 Å². The quantitative estimate of drug-likeness (QED) is 0.373. The van der Waals surface area contributed by atoms with Crippen LogP contribution in [0.15, 0.2) is 18.4 Å². The zero-order chi connectivity index (χ0) is 17.0. The molecule has 1 fully saturated rings. The summed E-state index contributed by atoms with van der Waals surface area (Å²) in [5, 5.41) is 0. The zero-order valence-corrected chi connectivity index (χ0v) is 16.3. The molecule has 1 rings (SSSR count). The number of hydrogen-bond acceptors (Lipinski definition) is 0. The first-order chi connectivity index (χ1) is 10.3. The predicted octanol–water partition coefficient (Wildman–Crippen LogP) is 7.26. The van der Waals surface area contributed by atoms with Crippen LogP contribution in [0.3, 0.4) is 0 Å². The molecule has 0 bridgehead atoms. The molecule has 0 aromatic heterocycles. The van der Waals surface area contributed by atoms with Crippen LogP contribution >= 0.6 is 0 Å². The Hall–Kier alpha value is -0.480. The molecule has 0 heterocycles.